The highest BCUT2D eigenvalue weighted by molar-refractivity contribution is 7.99. The number of methoxy groups -OCH3 is 2. The average Bonchev–Trinajstić information content (AvgIpc) is 3.52. The van der Waals surface area contributed by atoms with Gasteiger partial charge in [0.25, 0.3) is 0 Å². The summed E-state index contributed by atoms with van der Waals surface area (Å²) in [5.74, 6) is 2.60. The lowest BCUT2D eigenvalue weighted by atomic mass is 10.0. The number of rotatable bonds is 8. The topological polar surface area (TPSA) is 80.3 Å². The molecule has 0 saturated carbocycles. The number of amides is 1. The van der Waals surface area contributed by atoms with Gasteiger partial charge in [0.1, 0.15) is 11.5 Å². The van der Waals surface area contributed by atoms with E-state index in [4.69, 9.17) is 9.47 Å². The van der Waals surface area contributed by atoms with E-state index in [1.165, 1.54) is 17.3 Å². The summed E-state index contributed by atoms with van der Waals surface area (Å²) in [6.07, 6.45) is 2.86. The number of carbonyl (C=O) groups excluding carboxylic acids is 1. The predicted molar refractivity (Wildman–Crippen MR) is 125 cm³/mol. The first-order valence-electron chi connectivity index (χ1n) is 10.8. The number of likely N-dealkylation sites (tertiary alicyclic amines) is 1. The van der Waals surface area contributed by atoms with Crippen LogP contribution in [-0.2, 0) is 11.2 Å². The van der Waals surface area contributed by atoms with Crippen LogP contribution in [0.15, 0.2) is 47.6 Å². The Morgan fingerprint density at radius 3 is 2.72 bits per heavy atom. The fourth-order valence-electron chi connectivity index (χ4n) is 4.04. The number of benzene rings is 2. The Kier molecular flexibility index (Phi) is 6.99. The van der Waals surface area contributed by atoms with Crippen LogP contribution >= 0.6 is 11.8 Å². The van der Waals surface area contributed by atoms with Crippen molar-refractivity contribution in [1.29, 1.82) is 0 Å². The summed E-state index contributed by atoms with van der Waals surface area (Å²) < 4.78 is 10.9. The lowest BCUT2D eigenvalue weighted by Gasteiger charge is -2.26. The van der Waals surface area contributed by atoms with Crippen LogP contribution in [0.4, 0.5) is 0 Å². The first-order chi connectivity index (χ1) is 15.6. The molecule has 1 aliphatic rings. The first-order valence-corrected chi connectivity index (χ1v) is 11.8. The summed E-state index contributed by atoms with van der Waals surface area (Å²) in [6.45, 7) is 2.86. The molecule has 0 radical (unpaired) electrons. The lowest BCUT2D eigenvalue weighted by Crippen LogP contribution is -2.32. The zero-order valence-electron chi connectivity index (χ0n) is 18.6. The minimum Gasteiger partial charge on any atom is -0.497 e. The number of aryl methyl sites for hydroxylation is 1. The van der Waals surface area contributed by atoms with Gasteiger partial charge in [-0.2, -0.15) is 0 Å². The Balaban J connectivity index is 1.42. The summed E-state index contributed by atoms with van der Waals surface area (Å²) in [5.41, 5.74) is 3.25. The van der Waals surface area contributed by atoms with Crippen molar-refractivity contribution in [3.8, 4) is 22.9 Å². The number of thioether (sulfide) groups is 1. The van der Waals surface area contributed by atoms with E-state index in [1.54, 1.807) is 14.2 Å². The number of nitrogens with zero attached hydrogens (tertiary/aromatic N) is 3. The highest BCUT2D eigenvalue weighted by Crippen LogP contribution is 2.39. The molecule has 2 heterocycles. The normalized spacial score (nSPS) is 15.7. The highest BCUT2D eigenvalue weighted by atomic mass is 32.2. The van der Waals surface area contributed by atoms with E-state index in [-0.39, 0.29) is 17.7 Å². The van der Waals surface area contributed by atoms with Crippen LogP contribution in [0.1, 0.15) is 36.9 Å². The first kappa shape index (κ1) is 22.2. The lowest BCUT2D eigenvalue weighted by molar-refractivity contribution is -0.129. The van der Waals surface area contributed by atoms with Gasteiger partial charge in [0.2, 0.25) is 11.1 Å². The van der Waals surface area contributed by atoms with Crippen LogP contribution in [0, 0.1) is 0 Å². The van der Waals surface area contributed by atoms with Crippen molar-refractivity contribution in [2.24, 2.45) is 0 Å². The van der Waals surface area contributed by atoms with Crippen molar-refractivity contribution in [2.45, 2.75) is 37.4 Å². The molecule has 1 aromatic heterocycles. The third kappa shape index (κ3) is 4.75. The summed E-state index contributed by atoms with van der Waals surface area (Å²) >= 11 is 1.35. The number of aromatic amines is 1. The zero-order valence-corrected chi connectivity index (χ0v) is 19.4. The highest BCUT2D eigenvalue weighted by Gasteiger charge is 2.32. The number of aromatic nitrogens is 3. The molecule has 1 N–H and O–H groups in total. The Bertz CT molecular complexity index is 1070. The van der Waals surface area contributed by atoms with E-state index in [1.807, 2.05) is 35.2 Å². The number of hydrogen-bond acceptors (Lipinski definition) is 6. The molecule has 0 aliphatic carbocycles. The van der Waals surface area contributed by atoms with Gasteiger partial charge in [-0.1, -0.05) is 43.0 Å². The predicted octanol–water partition coefficient (Wildman–Crippen LogP) is 4.51. The molecule has 2 aromatic carbocycles. The van der Waals surface area contributed by atoms with Crippen molar-refractivity contribution in [1.82, 2.24) is 20.1 Å². The smallest absolute Gasteiger partial charge is 0.233 e. The Morgan fingerprint density at radius 1 is 1.19 bits per heavy atom. The van der Waals surface area contributed by atoms with Gasteiger partial charge in [0, 0.05) is 17.7 Å². The van der Waals surface area contributed by atoms with Gasteiger partial charge in [0.05, 0.1) is 26.0 Å². The molecular weight excluding hydrogens is 424 g/mol. The molecule has 1 aliphatic heterocycles. The molecule has 4 rings (SSSR count). The van der Waals surface area contributed by atoms with Gasteiger partial charge in [-0.3, -0.25) is 9.89 Å². The van der Waals surface area contributed by atoms with Crippen molar-refractivity contribution in [2.75, 3.05) is 26.5 Å². The molecule has 1 atom stereocenters. The second kappa shape index (κ2) is 10.1. The number of ether oxygens (including phenoxy) is 2. The van der Waals surface area contributed by atoms with Crippen LogP contribution in [0.5, 0.6) is 11.5 Å². The molecule has 0 spiro atoms. The van der Waals surface area contributed by atoms with Crippen molar-refractivity contribution < 1.29 is 14.3 Å². The minimum atomic E-state index is -0.0204. The fraction of sp³-hybridized carbons (Fsp3) is 0.375. The van der Waals surface area contributed by atoms with Crippen LogP contribution in [-0.4, -0.2) is 52.5 Å². The summed E-state index contributed by atoms with van der Waals surface area (Å²) in [5, 5.41) is 7.83. The summed E-state index contributed by atoms with van der Waals surface area (Å²) in [7, 11) is 3.29. The average molecular weight is 453 g/mol. The van der Waals surface area contributed by atoms with Gasteiger partial charge in [-0.25, -0.2) is 4.98 Å². The third-order valence-electron chi connectivity index (χ3n) is 5.79. The molecule has 1 amide bonds. The van der Waals surface area contributed by atoms with E-state index in [2.05, 4.69) is 34.2 Å². The van der Waals surface area contributed by atoms with Crippen molar-refractivity contribution in [3.63, 3.8) is 0 Å². The molecule has 0 bridgehead atoms. The molecule has 3 aromatic rings. The second-order valence-electron chi connectivity index (χ2n) is 7.66. The number of carbonyl (C=O) groups is 1. The maximum absolute atomic E-state index is 13.1. The fourth-order valence-corrected chi connectivity index (χ4v) is 4.72. The molecule has 8 heteroatoms. The second-order valence-corrected chi connectivity index (χ2v) is 8.60. The maximum Gasteiger partial charge on any atom is 0.233 e. The van der Waals surface area contributed by atoms with Gasteiger partial charge in [-0.15, -0.1) is 5.10 Å². The largest absolute Gasteiger partial charge is 0.497 e. The molecule has 7 nitrogen and oxygen atoms in total. The zero-order chi connectivity index (χ0) is 22.5. The van der Waals surface area contributed by atoms with Gasteiger partial charge in [0.15, 0.2) is 5.82 Å². The van der Waals surface area contributed by atoms with Crippen molar-refractivity contribution in [3.05, 3.63) is 53.6 Å². The van der Waals surface area contributed by atoms with Crippen LogP contribution in [0.25, 0.3) is 11.4 Å². The SMILES string of the molecule is CCc1ccc(-c2nc(SCC(=O)N3CCCC3c3cc(OC)ccc3OC)n[nH]2)cc1. The Morgan fingerprint density at radius 2 is 2.00 bits per heavy atom. The molecule has 1 unspecified atom stereocenters. The number of nitrogens with one attached hydrogen (secondary N) is 1. The third-order valence-corrected chi connectivity index (χ3v) is 6.63. The van der Waals surface area contributed by atoms with Crippen LogP contribution in [0.2, 0.25) is 0 Å². The Hall–Kier alpha value is -3.00. The van der Waals surface area contributed by atoms with E-state index < -0.39 is 0 Å². The molecule has 32 heavy (non-hydrogen) atoms. The standard InChI is InChI=1S/C24H28N4O3S/c1-4-16-7-9-17(10-8-16)23-25-24(27-26-23)32-15-22(29)28-13-5-6-20(28)19-14-18(30-2)11-12-21(19)31-3/h7-12,14,20H,4-6,13,15H2,1-3H3,(H,25,26,27). The van der Waals surface area contributed by atoms with E-state index in [0.29, 0.717) is 11.0 Å². The maximum atomic E-state index is 13.1. The molecule has 168 valence electrons. The molecule has 1 fully saturated rings. The van der Waals surface area contributed by atoms with Gasteiger partial charge in [-0.05, 0) is 43.0 Å². The number of H-pyrrole nitrogens is 1. The van der Waals surface area contributed by atoms with E-state index in [0.717, 1.165) is 48.4 Å². The van der Waals surface area contributed by atoms with Gasteiger partial charge < -0.3 is 14.4 Å². The van der Waals surface area contributed by atoms with Crippen LogP contribution in [0.3, 0.4) is 0 Å². The summed E-state index contributed by atoms with van der Waals surface area (Å²) in [4.78, 5) is 19.6. The van der Waals surface area contributed by atoms with Crippen molar-refractivity contribution >= 4 is 17.7 Å². The quantitative estimate of drug-likeness (QED) is 0.507. The Labute approximate surface area is 192 Å². The number of hydrogen-bond donors (Lipinski definition) is 1. The molecular formula is C24H28N4O3S. The van der Waals surface area contributed by atoms with Gasteiger partial charge >= 0.3 is 0 Å². The summed E-state index contributed by atoms with van der Waals surface area (Å²) in [6, 6.07) is 14.0. The van der Waals surface area contributed by atoms with Crippen LogP contribution < -0.4 is 9.47 Å². The monoisotopic (exact) mass is 452 g/mol. The van der Waals surface area contributed by atoms with E-state index in [9.17, 15) is 4.79 Å². The minimum absolute atomic E-state index is 0.0204. The van der Waals surface area contributed by atoms with E-state index >= 15 is 0 Å². The molecule has 1 saturated heterocycles.